The van der Waals surface area contributed by atoms with Gasteiger partial charge in [0.1, 0.15) is 5.82 Å². The summed E-state index contributed by atoms with van der Waals surface area (Å²) < 4.78 is 44.3. The summed E-state index contributed by atoms with van der Waals surface area (Å²) in [5.74, 6) is -2.95. The molecule has 0 aliphatic rings. The fourth-order valence-corrected chi connectivity index (χ4v) is 1.44. The van der Waals surface area contributed by atoms with E-state index < -0.39 is 17.5 Å². The monoisotopic (exact) mass is 247 g/mol. The van der Waals surface area contributed by atoms with Gasteiger partial charge in [0.15, 0.2) is 11.6 Å². The first kappa shape index (κ1) is 13.8. The number of nitrogens with one attached hydrogen (secondary N) is 1. The largest absolute Gasteiger partial charge is 0.383 e. The van der Waals surface area contributed by atoms with Crippen LogP contribution >= 0.6 is 0 Å². The first-order chi connectivity index (χ1) is 7.95. The second kappa shape index (κ2) is 5.91. The number of anilines is 1. The molecule has 1 aromatic rings. The van der Waals surface area contributed by atoms with Crippen LogP contribution in [0.5, 0.6) is 0 Å². The van der Waals surface area contributed by atoms with Crippen molar-refractivity contribution in [2.75, 3.05) is 19.0 Å². The summed E-state index contributed by atoms with van der Waals surface area (Å²) in [7, 11) is 1.51. The van der Waals surface area contributed by atoms with Gasteiger partial charge in [0.25, 0.3) is 0 Å². The predicted octanol–water partition coefficient (Wildman–Crippen LogP) is 3.19. The Morgan fingerprint density at radius 1 is 1.24 bits per heavy atom. The molecule has 0 aliphatic carbocycles. The van der Waals surface area contributed by atoms with Gasteiger partial charge in [-0.25, -0.2) is 13.2 Å². The average molecular weight is 247 g/mol. The summed E-state index contributed by atoms with van der Waals surface area (Å²) in [6.45, 7) is 4.14. The standard InChI is InChI=1S/C12H16F3NO/c1-7(2)11(6-17-3)16-10-5-8(13)4-9(14)12(10)15/h4-5,7,11,16H,6H2,1-3H3. The number of ether oxygens (including phenoxy) is 1. The average Bonchev–Trinajstić information content (AvgIpc) is 2.24. The lowest BCUT2D eigenvalue weighted by Gasteiger charge is -2.23. The first-order valence-corrected chi connectivity index (χ1v) is 5.35. The van der Waals surface area contributed by atoms with E-state index in [1.54, 1.807) is 0 Å². The number of hydrogen-bond acceptors (Lipinski definition) is 2. The van der Waals surface area contributed by atoms with Crippen molar-refractivity contribution in [2.45, 2.75) is 19.9 Å². The zero-order valence-corrected chi connectivity index (χ0v) is 10.1. The predicted molar refractivity (Wildman–Crippen MR) is 60.4 cm³/mol. The number of benzene rings is 1. The van der Waals surface area contributed by atoms with Crippen molar-refractivity contribution in [3.05, 3.63) is 29.6 Å². The highest BCUT2D eigenvalue weighted by atomic mass is 19.2. The van der Waals surface area contributed by atoms with Crippen LogP contribution in [-0.4, -0.2) is 19.8 Å². The van der Waals surface area contributed by atoms with Crippen molar-refractivity contribution in [3.8, 4) is 0 Å². The van der Waals surface area contributed by atoms with Crippen LogP contribution in [0, 0.1) is 23.4 Å². The third kappa shape index (κ3) is 3.63. The number of hydrogen-bond donors (Lipinski definition) is 1. The van der Waals surface area contributed by atoms with E-state index in [4.69, 9.17) is 4.74 Å². The van der Waals surface area contributed by atoms with Crippen LogP contribution in [0.15, 0.2) is 12.1 Å². The molecule has 0 heterocycles. The number of rotatable bonds is 5. The molecule has 0 fully saturated rings. The minimum Gasteiger partial charge on any atom is -0.383 e. The van der Waals surface area contributed by atoms with Gasteiger partial charge < -0.3 is 10.1 Å². The highest BCUT2D eigenvalue weighted by Gasteiger charge is 2.17. The van der Waals surface area contributed by atoms with Gasteiger partial charge in [-0.2, -0.15) is 0 Å². The molecule has 1 rings (SSSR count). The summed E-state index contributed by atoms with van der Waals surface area (Å²) >= 11 is 0. The Morgan fingerprint density at radius 2 is 1.88 bits per heavy atom. The molecule has 17 heavy (non-hydrogen) atoms. The fourth-order valence-electron chi connectivity index (χ4n) is 1.44. The molecule has 0 spiro atoms. The molecule has 2 nitrogen and oxygen atoms in total. The maximum atomic E-state index is 13.4. The van der Waals surface area contributed by atoms with Crippen LogP contribution in [0.25, 0.3) is 0 Å². The Labute approximate surface area is 98.8 Å². The maximum absolute atomic E-state index is 13.4. The molecule has 1 atom stereocenters. The molecule has 0 amide bonds. The van der Waals surface area contributed by atoms with E-state index >= 15 is 0 Å². The molecule has 1 unspecified atom stereocenters. The lowest BCUT2D eigenvalue weighted by molar-refractivity contribution is 0.171. The lowest BCUT2D eigenvalue weighted by Crippen LogP contribution is -2.31. The highest BCUT2D eigenvalue weighted by Crippen LogP contribution is 2.21. The van der Waals surface area contributed by atoms with Crippen molar-refractivity contribution < 1.29 is 17.9 Å². The van der Waals surface area contributed by atoms with Crippen molar-refractivity contribution >= 4 is 5.69 Å². The van der Waals surface area contributed by atoms with E-state index in [-0.39, 0.29) is 17.6 Å². The van der Waals surface area contributed by atoms with E-state index in [1.807, 2.05) is 13.8 Å². The Balaban J connectivity index is 2.92. The molecule has 0 saturated heterocycles. The zero-order valence-electron chi connectivity index (χ0n) is 10.1. The molecule has 0 bridgehead atoms. The Morgan fingerprint density at radius 3 is 2.41 bits per heavy atom. The maximum Gasteiger partial charge on any atom is 0.182 e. The van der Waals surface area contributed by atoms with Gasteiger partial charge in [-0.05, 0) is 5.92 Å². The quantitative estimate of drug-likeness (QED) is 0.807. The molecular weight excluding hydrogens is 231 g/mol. The number of methoxy groups -OCH3 is 1. The van der Waals surface area contributed by atoms with E-state index in [2.05, 4.69) is 5.32 Å². The molecule has 0 radical (unpaired) electrons. The molecule has 5 heteroatoms. The normalized spacial score (nSPS) is 12.9. The topological polar surface area (TPSA) is 21.3 Å². The summed E-state index contributed by atoms with van der Waals surface area (Å²) in [4.78, 5) is 0. The third-order valence-electron chi connectivity index (χ3n) is 2.48. The Hall–Kier alpha value is -1.23. The van der Waals surface area contributed by atoms with Crippen molar-refractivity contribution in [1.29, 1.82) is 0 Å². The van der Waals surface area contributed by atoms with Gasteiger partial charge in [-0.1, -0.05) is 13.8 Å². The van der Waals surface area contributed by atoms with Crippen molar-refractivity contribution in [3.63, 3.8) is 0 Å². The summed E-state index contributed by atoms with van der Waals surface area (Å²) in [6.07, 6.45) is 0. The van der Waals surface area contributed by atoms with Crippen LogP contribution in [-0.2, 0) is 4.74 Å². The van der Waals surface area contributed by atoms with Gasteiger partial charge in [0.2, 0.25) is 0 Å². The molecule has 0 aromatic heterocycles. The SMILES string of the molecule is COCC(Nc1cc(F)cc(F)c1F)C(C)C. The van der Waals surface area contributed by atoms with Crippen LogP contribution < -0.4 is 5.32 Å². The van der Waals surface area contributed by atoms with E-state index in [1.165, 1.54) is 7.11 Å². The summed E-state index contributed by atoms with van der Waals surface area (Å²) in [5, 5.41) is 2.75. The second-order valence-electron chi connectivity index (χ2n) is 4.20. The van der Waals surface area contributed by atoms with Crippen LogP contribution in [0.4, 0.5) is 18.9 Å². The van der Waals surface area contributed by atoms with Gasteiger partial charge in [-0.15, -0.1) is 0 Å². The van der Waals surface area contributed by atoms with Gasteiger partial charge in [-0.3, -0.25) is 0 Å². The first-order valence-electron chi connectivity index (χ1n) is 5.35. The van der Waals surface area contributed by atoms with E-state index in [0.29, 0.717) is 12.7 Å². The zero-order chi connectivity index (χ0) is 13.0. The molecule has 0 aliphatic heterocycles. The van der Waals surface area contributed by atoms with Crippen LogP contribution in [0.3, 0.4) is 0 Å². The van der Waals surface area contributed by atoms with Gasteiger partial charge in [0, 0.05) is 19.2 Å². The van der Waals surface area contributed by atoms with Crippen LogP contribution in [0.2, 0.25) is 0 Å². The third-order valence-corrected chi connectivity index (χ3v) is 2.48. The molecular formula is C12H16F3NO. The molecule has 96 valence electrons. The Kier molecular flexibility index (Phi) is 4.81. The second-order valence-corrected chi connectivity index (χ2v) is 4.20. The minimum atomic E-state index is -1.20. The summed E-state index contributed by atoms with van der Waals surface area (Å²) in [5.41, 5.74) is -0.182. The van der Waals surface area contributed by atoms with Gasteiger partial charge in [0.05, 0.1) is 18.3 Å². The highest BCUT2D eigenvalue weighted by molar-refractivity contribution is 5.46. The molecule has 1 N–H and O–H groups in total. The fraction of sp³-hybridized carbons (Fsp3) is 0.500. The van der Waals surface area contributed by atoms with Crippen molar-refractivity contribution in [2.24, 2.45) is 5.92 Å². The minimum absolute atomic E-state index is 0.140. The smallest absolute Gasteiger partial charge is 0.182 e. The Bertz CT molecular complexity index is 382. The lowest BCUT2D eigenvalue weighted by atomic mass is 10.0. The van der Waals surface area contributed by atoms with Crippen molar-refractivity contribution in [1.82, 2.24) is 0 Å². The molecule has 0 saturated carbocycles. The molecule has 1 aromatic carbocycles. The van der Waals surface area contributed by atoms with Gasteiger partial charge >= 0.3 is 0 Å². The van der Waals surface area contributed by atoms with Crippen LogP contribution in [0.1, 0.15) is 13.8 Å². The van der Waals surface area contributed by atoms with E-state index in [0.717, 1.165) is 6.07 Å². The summed E-state index contributed by atoms with van der Waals surface area (Å²) in [6, 6.07) is 1.24. The van der Waals surface area contributed by atoms with E-state index in [9.17, 15) is 13.2 Å². The number of halogens is 3.